The standard InChI is InChI=1S/C21H21ClN2O3.ClHO4/c1-23-8-10-24(11-9-23)12-17-19(25)7-6-16-20(26)18(13-27-21(16)17)14-2-4-15(22)5-3-14;2-1(3,4)5/h2-7,13,25H,8-12H2,1H3;(H,2,3,4,5). The first kappa shape index (κ1) is 24.4. The summed E-state index contributed by atoms with van der Waals surface area (Å²) in [5.74, 6) is 0.156. The summed E-state index contributed by atoms with van der Waals surface area (Å²) in [6.45, 7) is 4.35. The lowest BCUT2D eigenvalue weighted by atomic mass is 10.0. The monoisotopic (exact) mass is 484 g/mol. The van der Waals surface area contributed by atoms with Crippen LogP contribution in [0, 0.1) is 10.2 Å². The Kier molecular flexibility index (Phi) is 7.75. The van der Waals surface area contributed by atoms with Crippen molar-refractivity contribution in [1.29, 1.82) is 0 Å². The number of halogens is 2. The molecule has 2 aromatic carbocycles. The van der Waals surface area contributed by atoms with Gasteiger partial charge < -0.3 is 14.4 Å². The SMILES string of the molecule is CN1CCN(Cc2c(O)ccc3c(=O)c(-c4ccc(Cl)cc4)coc23)CC1.[O-][Cl+3]([O-])([O-])O. The van der Waals surface area contributed by atoms with Crippen molar-refractivity contribution in [2.75, 3.05) is 33.2 Å². The Morgan fingerprint density at radius 2 is 1.66 bits per heavy atom. The summed E-state index contributed by atoms with van der Waals surface area (Å²) in [6, 6.07) is 10.3. The molecule has 4 rings (SSSR count). The third-order valence-electron chi connectivity index (χ3n) is 5.15. The molecule has 0 atom stereocenters. The number of piperazine rings is 1. The molecular weight excluding hydrogens is 463 g/mol. The van der Waals surface area contributed by atoms with Crippen LogP contribution in [0.4, 0.5) is 0 Å². The highest BCUT2D eigenvalue weighted by Gasteiger charge is 2.20. The molecule has 0 aliphatic carbocycles. The Morgan fingerprint density at radius 3 is 2.25 bits per heavy atom. The van der Waals surface area contributed by atoms with E-state index in [1.54, 1.807) is 36.4 Å². The van der Waals surface area contributed by atoms with Crippen molar-refractivity contribution in [3.63, 3.8) is 0 Å². The molecule has 11 heteroatoms. The van der Waals surface area contributed by atoms with Gasteiger partial charge in [0, 0.05) is 37.7 Å². The van der Waals surface area contributed by atoms with Gasteiger partial charge in [-0.05, 0) is 36.9 Å². The average Bonchev–Trinajstić information content (AvgIpc) is 2.71. The van der Waals surface area contributed by atoms with Crippen LogP contribution in [0.3, 0.4) is 0 Å². The predicted octanol–water partition coefficient (Wildman–Crippen LogP) is -0.558. The number of phenolic OH excluding ortho intramolecular Hbond substituents is 1. The summed E-state index contributed by atoms with van der Waals surface area (Å²) in [5, 5.41) is 11.5. The van der Waals surface area contributed by atoms with Crippen LogP contribution in [-0.2, 0) is 6.54 Å². The molecule has 0 amide bonds. The lowest BCUT2D eigenvalue weighted by Gasteiger charge is -2.32. The van der Waals surface area contributed by atoms with Gasteiger partial charge in [0.2, 0.25) is 5.43 Å². The van der Waals surface area contributed by atoms with Gasteiger partial charge in [-0.2, -0.15) is 14.0 Å². The molecule has 1 aliphatic heterocycles. The zero-order valence-corrected chi connectivity index (χ0v) is 18.7. The van der Waals surface area contributed by atoms with E-state index >= 15 is 0 Å². The summed E-state index contributed by atoms with van der Waals surface area (Å²) in [7, 11) is -2.59. The number of likely N-dealkylation sites (N-methyl/N-ethyl adjacent to an activating group) is 1. The van der Waals surface area contributed by atoms with Crippen molar-refractivity contribution in [3.05, 3.63) is 63.5 Å². The van der Waals surface area contributed by atoms with Crippen molar-refractivity contribution < 1.29 is 38.4 Å². The van der Waals surface area contributed by atoms with Crippen LogP contribution in [0.1, 0.15) is 5.56 Å². The van der Waals surface area contributed by atoms with Gasteiger partial charge in [0.25, 0.3) is 0 Å². The second-order valence-electron chi connectivity index (χ2n) is 7.40. The Morgan fingerprint density at radius 1 is 1.06 bits per heavy atom. The van der Waals surface area contributed by atoms with Crippen LogP contribution in [0.25, 0.3) is 22.1 Å². The van der Waals surface area contributed by atoms with E-state index in [4.69, 9.17) is 34.7 Å². The smallest absolute Gasteiger partial charge is 0.200 e. The zero-order chi connectivity index (χ0) is 23.5. The van der Waals surface area contributed by atoms with Gasteiger partial charge >= 0.3 is 0 Å². The molecule has 1 saturated heterocycles. The summed E-state index contributed by atoms with van der Waals surface area (Å²) in [5.41, 5.74) is 2.24. The maximum atomic E-state index is 13.0. The molecule has 1 aliphatic rings. The minimum atomic E-state index is -4.69. The van der Waals surface area contributed by atoms with Gasteiger partial charge in [-0.15, -0.1) is 0 Å². The van der Waals surface area contributed by atoms with E-state index in [1.807, 2.05) is 0 Å². The van der Waals surface area contributed by atoms with Gasteiger partial charge in [0.15, 0.2) is 0 Å². The van der Waals surface area contributed by atoms with E-state index in [0.717, 1.165) is 31.7 Å². The molecule has 0 saturated carbocycles. The van der Waals surface area contributed by atoms with Crippen molar-refractivity contribution in [3.8, 4) is 16.9 Å². The van der Waals surface area contributed by atoms with Crippen molar-refractivity contribution in [2.45, 2.75) is 6.54 Å². The molecule has 0 unspecified atom stereocenters. The van der Waals surface area contributed by atoms with Crippen LogP contribution in [-0.4, -0.2) is 52.8 Å². The Labute approximate surface area is 191 Å². The Hall–Kier alpha value is -2.21. The normalized spacial score (nSPS) is 15.4. The lowest BCUT2D eigenvalue weighted by molar-refractivity contribution is -1.92. The Bertz CT molecular complexity index is 1120. The highest BCUT2D eigenvalue weighted by Crippen LogP contribution is 2.29. The minimum absolute atomic E-state index is 0.113. The first-order chi connectivity index (χ1) is 15.0. The highest BCUT2D eigenvalue weighted by molar-refractivity contribution is 6.30. The van der Waals surface area contributed by atoms with Gasteiger partial charge in [-0.25, -0.2) is 0 Å². The molecule has 1 fully saturated rings. The van der Waals surface area contributed by atoms with Gasteiger partial charge in [0.05, 0.1) is 31.4 Å². The number of aromatic hydroxyl groups is 1. The van der Waals surface area contributed by atoms with Crippen molar-refractivity contribution in [1.82, 2.24) is 9.80 Å². The molecule has 32 heavy (non-hydrogen) atoms. The van der Waals surface area contributed by atoms with E-state index in [9.17, 15) is 9.90 Å². The molecule has 2 heterocycles. The van der Waals surface area contributed by atoms with Gasteiger partial charge in [0.1, 0.15) is 17.6 Å². The van der Waals surface area contributed by atoms with Crippen LogP contribution in [0.15, 0.2) is 51.9 Å². The highest BCUT2D eigenvalue weighted by atomic mass is 35.7. The summed E-state index contributed by atoms with van der Waals surface area (Å²) < 4.78 is 38.6. The predicted molar refractivity (Wildman–Crippen MR) is 110 cm³/mol. The minimum Gasteiger partial charge on any atom is -0.507 e. The van der Waals surface area contributed by atoms with E-state index in [2.05, 4.69) is 16.8 Å². The van der Waals surface area contributed by atoms with Crippen LogP contribution < -0.4 is 19.4 Å². The fourth-order valence-corrected chi connectivity index (χ4v) is 3.58. The van der Waals surface area contributed by atoms with E-state index in [-0.39, 0.29) is 11.2 Å². The maximum absolute atomic E-state index is 13.0. The second-order valence-corrected chi connectivity index (χ2v) is 8.63. The lowest BCUT2D eigenvalue weighted by Crippen LogP contribution is -2.58. The number of hydrogen-bond donors (Lipinski definition) is 2. The quantitative estimate of drug-likeness (QED) is 0.499. The molecule has 1 aromatic heterocycles. The van der Waals surface area contributed by atoms with Crippen molar-refractivity contribution >= 4 is 22.6 Å². The average molecular weight is 485 g/mol. The first-order valence-electron chi connectivity index (χ1n) is 9.59. The molecule has 3 aromatic rings. The number of nitrogens with zero attached hydrogens (tertiary/aromatic N) is 2. The van der Waals surface area contributed by atoms with E-state index < -0.39 is 10.2 Å². The first-order valence-corrected chi connectivity index (χ1v) is 11.2. The molecule has 0 bridgehead atoms. The fraction of sp³-hybridized carbons (Fsp3) is 0.286. The summed E-state index contributed by atoms with van der Waals surface area (Å²) in [6.07, 6.45) is 1.47. The maximum Gasteiger partial charge on any atom is 0.200 e. The molecule has 172 valence electrons. The van der Waals surface area contributed by atoms with Crippen LogP contribution in [0.2, 0.25) is 5.02 Å². The van der Waals surface area contributed by atoms with Gasteiger partial charge in [-0.3, -0.25) is 9.69 Å². The second kappa shape index (κ2) is 10.2. The van der Waals surface area contributed by atoms with Crippen LogP contribution in [0.5, 0.6) is 5.75 Å². The van der Waals surface area contributed by atoms with Crippen LogP contribution >= 0.6 is 11.6 Å². The molecular formula is C21H22Cl2N2O7. The third-order valence-corrected chi connectivity index (χ3v) is 5.40. The van der Waals surface area contributed by atoms with E-state index in [1.165, 1.54) is 6.26 Å². The summed E-state index contributed by atoms with van der Waals surface area (Å²) in [4.78, 5) is 17.6. The number of rotatable bonds is 3. The topological polar surface area (TPSA) is 146 Å². The molecule has 2 N–H and O–H groups in total. The van der Waals surface area contributed by atoms with Gasteiger partial charge in [-0.1, -0.05) is 23.7 Å². The molecule has 9 nitrogen and oxygen atoms in total. The fourth-order valence-electron chi connectivity index (χ4n) is 3.46. The molecule has 0 radical (unpaired) electrons. The third kappa shape index (κ3) is 6.41. The van der Waals surface area contributed by atoms with E-state index in [0.29, 0.717) is 33.7 Å². The Balaban J connectivity index is 0.000000523. The number of fused-ring (bicyclic) bond motifs is 1. The number of phenols is 1. The number of hydrogen-bond acceptors (Lipinski definition) is 9. The zero-order valence-electron chi connectivity index (χ0n) is 17.2. The largest absolute Gasteiger partial charge is 0.507 e. The summed E-state index contributed by atoms with van der Waals surface area (Å²) >= 11 is 5.94. The van der Waals surface area contributed by atoms with Crippen molar-refractivity contribution in [2.24, 2.45) is 0 Å². The molecule has 0 spiro atoms. The number of benzene rings is 2.